The number of ether oxygens (including phenoxy) is 1. The van der Waals surface area contributed by atoms with Crippen LogP contribution in [0, 0.1) is 0 Å². The molecular formula is C14H20O. The Labute approximate surface area is 92.5 Å². The summed E-state index contributed by atoms with van der Waals surface area (Å²) in [7, 11) is 0. The van der Waals surface area contributed by atoms with Crippen molar-refractivity contribution in [2.75, 3.05) is 6.61 Å². The summed E-state index contributed by atoms with van der Waals surface area (Å²) < 4.78 is 5.57. The molecule has 1 heteroatoms. The third-order valence-corrected chi connectivity index (χ3v) is 3.18. The summed E-state index contributed by atoms with van der Waals surface area (Å²) in [5, 5.41) is 0. The maximum Gasteiger partial charge on any atom is 0.119 e. The average molecular weight is 204 g/mol. The highest BCUT2D eigenvalue weighted by Gasteiger charge is 2.16. The third-order valence-electron chi connectivity index (χ3n) is 3.18. The molecule has 2 rings (SSSR count). The first-order valence-electron chi connectivity index (χ1n) is 6.13. The zero-order valence-electron chi connectivity index (χ0n) is 9.54. The number of hydrogen-bond acceptors (Lipinski definition) is 1. The van der Waals surface area contributed by atoms with Crippen LogP contribution in [0.15, 0.2) is 24.3 Å². The van der Waals surface area contributed by atoms with E-state index >= 15 is 0 Å². The molecule has 0 aliphatic heterocycles. The van der Waals surface area contributed by atoms with Crippen molar-refractivity contribution in [1.82, 2.24) is 0 Å². The van der Waals surface area contributed by atoms with E-state index in [1.807, 2.05) is 0 Å². The van der Waals surface area contributed by atoms with Crippen molar-refractivity contribution in [2.45, 2.75) is 44.9 Å². The molecule has 0 saturated heterocycles. The zero-order valence-corrected chi connectivity index (χ0v) is 9.54. The van der Waals surface area contributed by atoms with Gasteiger partial charge < -0.3 is 4.74 Å². The number of benzene rings is 1. The van der Waals surface area contributed by atoms with Gasteiger partial charge in [0, 0.05) is 0 Å². The standard InChI is InChI=1S/C14H20O/c1-2-11-15-14-9-7-13(8-10-14)12-5-3-4-6-12/h7-10,12H,2-6,11H2,1H3. The van der Waals surface area contributed by atoms with Crippen molar-refractivity contribution in [3.8, 4) is 5.75 Å². The molecule has 15 heavy (non-hydrogen) atoms. The molecule has 1 saturated carbocycles. The molecule has 82 valence electrons. The van der Waals surface area contributed by atoms with Gasteiger partial charge in [-0.3, -0.25) is 0 Å². The van der Waals surface area contributed by atoms with Gasteiger partial charge >= 0.3 is 0 Å². The van der Waals surface area contributed by atoms with Crippen molar-refractivity contribution < 1.29 is 4.74 Å². The number of rotatable bonds is 4. The van der Waals surface area contributed by atoms with Crippen molar-refractivity contribution in [3.63, 3.8) is 0 Å². The van der Waals surface area contributed by atoms with E-state index in [-0.39, 0.29) is 0 Å². The maximum absolute atomic E-state index is 5.57. The fraction of sp³-hybridized carbons (Fsp3) is 0.571. The van der Waals surface area contributed by atoms with Crippen LogP contribution in [0.5, 0.6) is 5.75 Å². The van der Waals surface area contributed by atoms with E-state index in [4.69, 9.17) is 4.74 Å². The molecule has 0 spiro atoms. The Balaban J connectivity index is 1.96. The summed E-state index contributed by atoms with van der Waals surface area (Å²) in [6, 6.07) is 8.70. The van der Waals surface area contributed by atoms with E-state index < -0.39 is 0 Å². The lowest BCUT2D eigenvalue weighted by molar-refractivity contribution is 0.317. The quantitative estimate of drug-likeness (QED) is 0.716. The molecule has 0 aromatic heterocycles. The topological polar surface area (TPSA) is 9.23 Å². The van der Waals surface area contributed by atoms with Gasteiger partial charge in [0.1, 0.15) is 5.75 Å². The molecule has 1 fully saturated rings. The van der Waals surface area contributed by atoms with E-state index in [9.17, 15) is 0 Å². The van der Waals surface area contributed by atoms with Crippen LogP contribution in [0.3, 0.4) is 0 Å². The Morgan fingerprint density at radius 3 is 2.40 bits per heavy atom. The molecule has 1 aromatic rings. The summed E-state index contributed by atoms with van der Waals surface area (Å²) >= 11 is 0. The van der Waals surface area contributed by atoms with Crippen molar-refractivity contribution in [1.29, 1.82) is 0 Å². The Morgan fingerprint density at radius 2 is 1.80 bits per heavy atom. The predicted octanol–water partition coefficient (Wildman–Crippen LogP) is 4.13. The van der Waals surface area contributed by atoms with Crippen LogP contribution in [0.4, 0.5) is 0 Å². The minimum atomic E-state index is 0.810. The molecule has 0 heterocycles. The summed E-state index contributed by atoms with van der Waals surface area (Å²) in [5.41, 5.74) is 1.50. The summed E-state index contributed by atoms with van der Waals surface area (Å²) in [4.78, 5) is 0. The van der Waals surface area contributed by atoms with Crippen LogP contribution in [0.1, 0.15) is 50.5 Å². The van der Waals surface area contributed by atoms with E-state index in [2.05, 4.69) is 31.2 Å². The smallest absolute Gasteiger partial charge is 0.119 e. The maximum atomic E-state index is 5.57. The summed E-state index contributed by atoms with van der Waals surface area (Å²) in [5.74, 6) is 1.82. The van der Waals surface area contributed by atoms with Gasteiger partial charge in [0.25, 0.3) is 0 Å². The van der Waals surface area contributed by atoms with Gasteiger partial charge in [0.05, 0.1) is 6.61 Å². The van der Waals surface area contributed by atoms with Crippen molar-refractivity contribution in [3.05, 3.63) is 29.8 Å². The Kier molecular flexibility index (Phi) is 3.65. The lowest BCUT2D eigenvalue weighted by Gasteiger charge is -2.10. The van der Waals surface area contributed by atoms with Gasteiger partial charge in [-0.15, -0.1) is 0 Å². The molecule has 1 aliphatic carbocycles. The molecule has 1 aromatic carbocycles. The molecule has 0 amide bonds. The van der Waals surface area contributed by atoms with E-state index in [0.29, 0.717) is 0 Å². The molecule has 0 radical (unpaired) electrons. The van der Waals surface area contributed by atoms with Crippen LogP contribution >= 0.6 is 0 Å². The zero-order chi connectivity index (χ0) is 10.5. The largest absolute Gasteiger partial charge is 0.494 e. The van der Waals surface area contributed by atoms with Crippen LogP contribution in [0.25, 0.3) is 0 Å². The van der Waals surface area contributed by atoms with Gasteiger partial charge in [-0.2, -0.15) is 0 Å². The highest BCUT2D eigenvalue weighted by Crippen LogP contribution is 2.34. The SMILES string of the molecule is CCCOc1ccc(C2CCCC2)cc1. The monoisotopic (exact) mass is 204 g/mol. The van der Waals surface area contributed by atoms with Crippen LogP contribution < -0.4 is 4.74 Å². The fourth-order valence-corrected chi connectivity index (χ4v) is 2.32. The van der Waals surface area contributed by atoms with Gasteiger partial charge in [-0.05, 0) is 42.9 Å². The molecule has 0 atom stereocenters. The van der Waals surface area contributed by atoms with Gasteiger partial charge in [-0.1, -0.05) is 31.9 Å². The second-order valence-electron chi connectivity index (χ2n) is 4.40. The first kappa shape index (κ1) is 10.5. The van der Waals surface area contributed by atoms with Crippen LogP contribution in [0.2, 0.25) is 0 Å². The predicted molar refractivity (Wildman–Crippen MR) is 63.4 cm³/mol. The van der Waals surface area contributed by atoms with E-state index in [1.165, 1.54) is 31.2 Å². The molecule has 1 aliphatic rings. The molecular weight excluding hydrogens is 184 g/mol. The first-order chi connectivity index (χ1) is 7.40. The van der Waals surface area contributed by atoms with Gasteiger partial charge in [0.2, 0.25) is 0 Å². The van der Waals surface area contributed by atoms with Gasteiger partial charge in [0.15, 0.2) is 0 Å². The minimum Gasteiger partial charge on any atom is -0.494 e. The van der Waals surface area contributed by atoms with Crippen molar-refractivity contribution in [2.24, 2.45) is 0 Å². The fourth-order valence-electron chi connectivity index (χ4n) is 2.32. The van der Waals surface area contributed by atoms with Gasteiger partial charge in [-0.25, -0.2) is 0 Å². The Bertz CT molecular complexity index is 283. The third kappa shape index (κ3) is 2.74. The normalized spacial score (nSPS) is 16.9. The molecule has 0 bridgehead atoms. The Morgan fingerprint density at radius 1 is 1.13 bits per heavy atom. The molecule has 0 unspecified atom stereocenters. The second-order valence-corrected chi connectivity index (χ2v) is 4.40. The van der Waals surface area contributed by atoms with E-state index in [1.54, 1.807) is 0 Å². The highest BCUT2D eigenvalue weighted by molar-refractivity contribution is 5.29. The lowest BCUT2D eigenvalue weighted by Crippen LogP contribution is -1.96. The Hall–Kier alpha value is -0.980. The molecule has 0 N–H and O–H groups in total. The highest BCUT2D eigenvalue weighted by atomic mass is 16.5. The lowest BCUT2D eigenvalue weighted by atomic mass is 9.98. The first-order valence-corrected chi connectivity index (χ1v) is 6.13. The number of hydrogen-bond donors (Lipinski definition) is 0. The molecule has 1 nitrogen and oxygen atoms in total. The average Bonchev–Trinajstić information content (AvgIpc) is 2.80. The second kappa shape index (κ2) is 5.20. The van der Waals surface area contributed by atoms with Crippen molar-refractivity contribution >= 4 is 0 Å². The minimum absolute atomic E-state index is 0.810. The van der Waals surface area contributed by atoms with Crippen LogP contribution in [-0.4, -0.2) is 6.61 Å². The van der Waals surface area contributed by atoms with Crippen LogP contribution in [-0.2, 0) is 0 Å². The summed E-state index contributed by atoms with van der Waals surface area (Å²) in [6.45, 7) is 2.95. The summed E-state index contributed by atoms with van der Waals surface area (Å²) in [6.07, 6.45) is 6.62. The van der Waals surface area contributed by atoms with E-state index in [0.717, 1.165) is 24.7 Å².